The molecule has 0 bridgehead atoms. The number of anilines is 1. The van der Waals surface area contributed by atoms with Crippen molar-refractivity contribution in [1.82, 2.24) is 4.98 Å². The van der Waals surface area contributed by atoms with Crippen LogP contribution in [0.25, 0.3) is 17.3 Å². The lowest BCUT2D eigenvalue weighted by atomic mass is 10.2. The quantitative estimate of drug-likeness (QED) is 0.505. The van der Waals surface area contributed by atoms with E-state index in [0.717, 1.165) is 11.1 Å². The van der Waals surface area contributed by atoms with Crippen molar-refractivity contribution in [2.45, 2.75) is 0 Å². The number of nitrogens with one attached hydrogen (secondary N) is 1. The number of aromatic nitrogens is 1. The van der Waals surface area contributed by atoms with Crippen LogP contribution in [0.15, 0.2) is 53.9 Å². The van der Waals surface area contributed by atoms with Gasteiger partial charge in [0.05, 0.1) is 10.7 Å². The van der Waals surface area contributed by atoms with Crippen LogP contribution in [0.1, 0.15) is 5.56 Å². The number of amides is 1. The lowest BCUT2D eigenvalue weighted by molar-refractivity contribution is -0.111. The van der Waals surface area contributed by atoms with Crippen molar-refractivity contribution in [3.63, 3.8) is 0 Å². The van der Waals surface area contributed by atoms with Crippen molar-refractivity contribution in [2.75, 3.05) is 5.32 Å². The van der Waals surface area contributed by atoms with Crippen molar-refractivity contribution >= 4 is 63.3 Å². The molecule has 0 aliphatic heterocycles. The Bertz CT molecular complexity index is 953. The normalized spacial score (nSPS) is 11.0. The Morgan fingerprint density at radius 2 is 1.88 bits per heavy atom. The minimum atomic E-state index is -0.289. The van der Waals surface area contributed by atoms with Gasteiger partial charge in [-0.25, -0.2) is 4.98 Å². The molecule has 0 saturated carbocycles. The Hall–Kier alpha value is -1.85. The van der Waals surface area contributed by atoms with Crippen LogP contribution in [0.5, 0.6) is 0 Å². The van der Waals surface area contributed by atoms with E-state index in [1.54, 1.807) is 30.3 Å². The first-order valence-electron chi connectivity index (χ1n) is 7.17. The molecular formula is C18H11Cl3N2OS. The molecule has 0 aliphatic carbocycles. The molecule has 0 unspecified atom stereocenters. The Labute approximate surface area is 163 Å². The van der Waals surface area contributed by atoms with Crippen LogP contribution in [0, 0.1) is 0 Å². The molecule has 0 spiro atoms. The molecule has 7 heteroatoms. The molecule has 1 aromatic heterocycles. The van der Waals surface area contributed by atoms with E-state index in [4.69, 9.17) is 34.8 Å². The van der Waals surface area contributed by atoms with E-state index in [0.29, 0.717) is 25.9 Å². The van der Waals surface area contributed by atoms with Gasteiger partial charge in [0, 0.05) is 27.1 Å². The summed E-state index contributed by atoms with van der Waals surface area (Å²) in [6, 6.07) is 12.5. The number of hydrogen-bond donors (Lipinski definition) is 1. The van der Waals surface area contributed by atoms with Crippen LogP contribution in [-0.2, 0) is 4.79 Å². The van der Waals surface area contributed by atoms with Crippen LogP contribution in [-0.4, -0.2) is 10.9 Å². The highest BCUT2D eigenvalue weighted by atomic mass is 35.5. The first kappa shape index (κ1) is 18.0. The van der Waals surface area contributed by atoms with E-state index in [9.17, 15) is 4.79 Å². The fraction of sp³-hybridized carbons (Fsp3) is 0. The van der Waals surface area contributed by atoms with E-state index in [1.165, 1.54) is 17.4 Å². The van der Waals surface area contributed by atoms with Crippen molar-refractivity contribution in [3.8, 4) is 11.3 Å². The van der Waals surface area contributed by atoms with E-state index < -0.39 is 0 Å². The van der Waals surface area contributed by atoms with Crippen LogP contribution in [0.2, 0.25) is 15.1 Å². The topological polar surface area (TPSA) is 42.0 Å². The number of carbonyl (C=O) groups excluding carboxylic acids is 1. The minimum absolute atomic E-state index is 0.289. The Kier molecular flexibility index (Phi) is 5.76. The third-order valence-corrected chi connectivity index (χ3v) is 4.91. The van der Waals surface area contributed by atoms with Crippen LogP contribution in [0.3, 0.4) is 0 Å². The van der Waals surface area contributed by atoms with Gasteiger partial charge in [0.25, 0.3) is 0 Å². The minimum Gasteiger partial charge on any atom is -0.298 e. The molecule has 2 aromatic carbocycles. The summed E-state index contributed by atoms with van der Waals surface area (Å²) in [6.07, 6.45) is 3.07. The lowest BCUT2D eigenvalue weighted by Gasteiger charge is -2.01. The molecule has 3 aromatic rings. The molecule has 25 heavy (non-hydrogen) atoms. The zero-order valence-corrected chi connectivity index (χ0v) is 15.8. The van der Waals surface area contributed by atoms with Crippen molar-refractivity contribution in [2.24, 2.45) is 0 Å². The number of thiazole rings is 1. The summed E-state index contributed by atoms with van der Waals surface area (Å²) >= 11 is 19.4. The van der Waals surface area contributed by atoms with Crippen molar-refractivity contribution in [3.05, 3.63) is 74.6 Å². The summed E-state index contributed by atoms with van der Waals surface area (Å²) in [5, 5.41) is 6.68. The second-order valence-corrected chi connectivity index (χ2v) is 7.12. The first-order chi connectivity index (χ1) is 12.0. The van der Waals surface area contributed by atoms with Gasteiger partial charge in [-0.2, -0.15) is 0 Å². The molecular weight excluding hydrogens is 399 g/mol. The Balaban J connectivity index is 1.71. The maximum atomic E-state index is 12.0. The van der Waals surface area contributed by atoms with E-state index in [2.05, 4.69) is 10.3 Å². The lowest BCUT2D eigenvalue weighted by Crippen LogP contribution is -2.07. The molecule has 0 fully saturated rings. The predicted molar refractivity (Wildman–Crippen MR) is 107 cm³/mol. The maximum absolute atomic E-state index is 12.0. The molecule has 1 amide bonds. The number of nitrogens with zero attached hydrogens (tertiary/aromatic N) is 1. The third-order valence-electron chi connectivity index (χ3n) is 3.26. The zero-order valence-electron chi connectivity index (χ0n) is 12.7. The molecule has 0 aliphatic rings. The van der Waals surface area contributed by atoms with Gasteiger partial charge in [0.1, 0.15) is 0 Å². The third kappa shape index (κ3) is 4.61. The highest BCUT2D eigenvalue weighted by Crippen LogP contribution is 2.32. The average molecular weight is 410 g/mol. The summed E-state index contributed by atoms with van der Waals surface area (Å²) in [6.45, 7) is 0. The van der Waals surface area contributed by atoms with Crippen LogP contribution >= 0.6 is 46.1 Å². The van der Waals surface area contributed by atoms with Gasteiger partial charge < -0.3 is 0 Å². The highest BCUT2D eigenvalue weighted by molar-refractivity contribution is 7.14. The molecule has 0 radical (unpaired) electrons. The number of benzene rings is 2. The second-order valence-electron chi connectivity index (χ2n) is 5.01. The van der Waals surface area contributed by atoms with Crippen LogP contribution < -0.4 is 5.32 Å². The van der Waals surface area contributed by atoms with E-state index in [1.807, 2.05) is 23.6 Å². The monoisotopic (exact) mass is 408 g/mol. The largest absolute Gasteiger partial charge is 0.298 e. The molecule has 1 N–H and O–H groups in total. The zero-order chi connectivity index (χ0) is 17.8. The van der Waals surface area contributed by atoms with Crippen molar-refractivity contribution in [1.29, 1.82) is 0 Å². The number of carbonyl (C=O) groups is 1. The van der Waals surface area contributed by atoms with Gasteiger partial charge in [-0.15, -0.1) is 11.3 Å². The van der Waals surface area contributed by atoms with Gasteiger partial charge in [-0.3, -0.25) is 10.1 Å². The number of hydrogen-bond acceptors (Lipinski definition) is 3. The highest BCUT2D eigenvalue weighted by Gasteiger charge is 2.10. The van der Waals surface area contributed by atoms with Crippen molar-refractivity contribution < 1.29 is 4.79 Å². The summed E-state index contributed by atoms with van der Waals surface area (Å²) in [5.41, 5.74) is 2.21. The molecule has 0 saturated heterocycles. The fourth-order valence-electron chi connectivity index (χ4n) is 2.07. The maximum Gasteiger partial charge on any atom is 0.250 e. The predicted octanol–water partition coefficient (Wildman–Crippen LogP) is 6.42. The summed E-state index contributed by atoms with van der Waals surface area (Å²) in [4.78, 5) is 16.4. The molecule has 126 valence electrons. The summed E-state index contributed by atoms with van der Waals surface area (Å²) in [7, 11) is 0. The molecule has 0 atom stereocenters. The van der Waals surface area contributed by atoms with E-state index in [-0.39, 0.29) is 5.91 Å². The van der Waals surface area contributed by atoms with Gasteiger partial charge in [-0.05, 0) is 35.9 Å². The summed E-state index contributed by atoms with van der Waals surface area (Å²) in [5.74, 6) is -0.289. The van der Waals surface area contributed by atoms with E-state index >= 15 is 0 Å². The Morgan fingerprint density at radius 1 is 1.08 bits per heavy atom. The smallest absolute Gasteiger partial charge is 0.250 e. The van der Waals surface area contributed by atoms with Gasteiger partial charge >= 0.3 is 0 Å². The molecule has 3 nitrogen and oxygen atoms in total. The van der Waals surface area contributed by atoms with Gasteiger partial charge in [-0.1, -0.05) is 53.0 Å². The summed E-state index contributed by atoms with van der Waals surface area (Å²) < 4.78 is 0. The molecule has 3 rings (SSSR count). The average Bonchev–Trinajstić information content (AvgIpc) is 3.02. The SMILES string of the molecule is O=C(/C=C/c1ccccc1Cl)Nc1nc(-c2ccc(Cl)cc2Cl)cs1. The molecule has 1 heterocycles. The van der Waals surface area contributed by atoms with Gasteiger partial charge in [0.15, 0.2) is 5.13 Å². The first-order valence-corrected chi connectivity index (χ1v) is 9.19. The Morgan fingerprint density at radius 3 is 2.64 bits per heavy atom. The second kappa shape index (κ2) is 8.02. The number of rotatable bonds is 4. The standard InChI is InChI=1S/C18H11Cl3N2OS/c19-12-6-7-13(15(21)9-12)16-10-25-18(22-16)23-17(24)8-5-11-3-1-2-4-14(11)20/h1-10H,(H,22,23,24)/b8-5+. The fourth-order valence-corrected chi connectivity index (χ4v) is 3.49. The number of halogens is 3. The van der Waals surface area contributed by atoms with Gasteiger partial charge in [0.2, 0.25) is 5.91 Å². The van der Waals surface area contributed by atoms with Crippen LogP contribution in [0.4, 0.5) is 5.13 Å².